The van der Waals surface area contributed by atoms with Gasteiger partial charge in [0.15, 0.2) is 0 Å². The summed E-state index contributed by atoms with van der Waals surface area (Å²) in [6.45, 7) is 0.376. The number of para-hydroxylation sites is 1. The normalized spacial score (nSPS) is 15.5. The van der Waals surface area contributed by atoms with E-state index in [-0.39, 0.29) is 19.6 Å². The zero-order chi connectivity index (χ0) is 20.1. The smallest absolute Gasteiger partial charge is 0.233 e. The standard InChI is InChI=1S/C19H21ClN2O5S/c20-17-7-6-15-8-9-21(11-16(15)10-17)28(25,26)13-18(22(24)14-23)12-27-19-4-2-1-3-5-19/h1-7,10,14,18,24H,8-9,11-13H2. The fourth-order valence-corrected chi connectivity index (χ4v) is 4.93. The molecule has 1 amide bonds. The van der Waals surface area contributed by atoms with Gasteiger partial charge in [-0.1, -0.05) is 35.9 Å². The molecule has 0 radical (unpaired) electrons. The Kier molecular flexibility index (Phi) is 6.56. The molecule has 9 heteroatoms. The van der Waals surface area contributed by atoms with Crippen LogP contribution in [0.1, 0.15) is 11.1 Å². The summed E-state index contributed by atoms with van der Waals surface area (Å²) in [5.41, 5.74) is 1.92. The van der Waals surface area contributed by atoms with Gasteiger partial charge in [-0.3, -0.25) is 10.0 Å². The predicted molar refractivity (Wildman–Crippen MR) is 105 cm³/mol. The average molecular weight is 425 g/mol. The second-order valence-electron chi connectivity index (χ2n) is 6.54. The highest BCUT2D eigenvalue weighted by Crippen LogP contribution is 2.25. The quantitative estimate of drug-likeness (QED) is 0.399. The first-order valence-corrected chi connectivity index (χ1v) is 10.7. The molecule has 7 nitrogen and oxygen atoms in total. The molecule has 28 heavy (non-hydrogen) atoms. The van der Waals surface area contributed by atoms with Gasteiger partial charge in [-0.25, -0.2) is 13.5 Å². The van der Waals surface area contributed by atoms with Crippen molar-refractivity contribution < 1.29 is 23.2 Å². The number of sulfonamides is 1. The van der Waals surface area contributed by atoms with Gasteiger partial charge in [0.05, 0.1) is 5.75 Å². The Morgan fingerprint density at radius 3 is 2.68 bits per heavy atom. The van der Waals surface area contributed by atoms with Gasteiger partial charge in [-0.05, 0) is 41.8 Å². The molecule has 1 atom stereocenters. The molecule has 1 aliphatic rings. The molecular formula is C19H21ClN2O5S. The van der Waals surface area contributed by atoms with Crippen LogP contribution >= 0.6 is 11.6 Å². The van der Waals surface area contributed by atoms with Crippen molar-refractivity contribution in [3.63, 3.8) is 0 Å². The highest BCUT2D eigenvalue weighted by atomic mass is 35.5. The molecule has 3 rings (SSSR count). The van der Waals surface area contributed by atoms with Crippen LogP contribution in [0.3, 0.4) is 0 Å². The molecule has 0 fully saturated rings. The fourth-order valence-electron chi connectivity index (χ4n) is 3.08. The van der Waals surface area contributed by atoms with E-state index in [9.17, 15) is 18.4 Å². The second-order valence-corrected chi connectivity index (χ2v) is 8.99. The number of carbonyl (C=O) groups is 1. The summed E-state index contributed by atoms with van der Waals surface area (Å²) in [6.07, 6.45) is 0.757. The minimum absolute atomic E-state index is 0.158. The van der Waals surface area contributed by atoms with Crippen molar-refractivity contribution in [1.82, 2.24) is 9.37 Å². The van der Waals surface area contributed by atoms with Crippen LogP contribution in [0.5, 0.6) is 5.75 Å². The summed E-state index contributed by atoms with van der Waals surface area (Å²) < 4.78 is 32.7. The van der Waals surface area contributed by atoms with Gasteiger partial charge in [-0.2, -0.15) is 4.31 Å². The van der Waals surface area contributed by atoms with E-state index in [0.717, 1.165) is 11.1 Å². The van der Waals surface area contributed by atoms with E-state index in [2.05, 4.69) is 0 Å². The number of rotatable bonds is 8. The van der Waals surface area contributed by atoms with E-state index >= 15 is 0 Å². The van der Waals surface area contributed by atoms with Crippen molar-refractivity contribution in [3.05, 3.63) is 64.7 Å². The Labute approximate surface area is 169 Å². The maximum absolute atomic E-state index is 12.9. The Hall–Kier alpha value is -2.13. The minimum Gasteiger partial charge on any atom is -0.491 e. The molecule has 0 spiro atoms. The number of ether oxygens (including phenoxy) is 1. The number of fused-ring (bicyclic) bond motifs is 1. The van der Waals surface area contributed by atoms with Crippen molar-refractivity contribution in [2.45, 2.75) is 19.0 Å². The van der Waals surface area contributed by atoms with E-state index in [0.29, 0.717) is 28.8 Å². The van der Waals surface area contributed by atoms with Gasteiger partial charge in [0.1, 0.15) is 18.4 Å². The van der Waals surface area contributed by atoms with Gasteiger partial charge in [-0.15, -0.1) is 0 Å². The van der Waals surface area contributed by atoms with Crippen molar-refractivity contribution in [1.29, 1.82) is 0 Å². The molecular weight excluding hydrogens is 404 g/mol. The van der Waals surface area contributed by atoms with Crippen molar-refractivity contribution in [3.8, 4) is 5.75 Å². The maximum Gasteiger partial charge on any atom is 0.233 e. The Morgan fingerprint density at radius 1 is 1.21 bits per heavy atom. The molecule has 1 aliphatic heterocycles. The summed E-state index contributed by atoms with van der Waals surface area (Å²) in [6, 6.07) is 13.2. The number of hydrogen-bond acceptors (Lipinski definition) is 5. The van der Waals surface area contributed by atoms with Crippen LogP contribution in [0, 0.1) is 0 Å². The van der Waals surface area contributed by atoms with Crippen LogP contribution in [-0.2, 0) is 27.8 Å². The van der Waals surface area contributed by atoms with Crippen LogP contribution in [0.25, 0.3) is 0 Å². The highest BCUT2D eigenvalue weighted by Gasteiger charge is 2.32. The predicted octanol–water partition coefficient (Wildman–Crippen LogP) is 2.32. The molecule has 1 unspecified atom stereocenters. The van der Waals surface area contributed by atoms with Gasteiger partial charge >= 0.3 is 0 Å². The van der Waals surface area contributed by atoms with E-state index in [1.165, 1.54) is 4.31 Å². The first-order chi connectivity index (χ1) is 13.4. The van der Waals surface area contributed by atoms with Crippen molar-refractivity contribution >= 4 is 28.0 Å². The molecule has 2 aromatic carbocycles. The molecule has 1 heterocycles. The molecule has 150 valence electrons. The lowest BCUT2D eigenvalue weighted by Crippen LogP contribution is -2.46. The number of hydroxylamine groups is 2. The SMILES string of the molecule is O=CN(O)C(COc1ccccc1)CS(=O)(=O)N1CCc2ccc(Cl)cc2C1. The first kappa shape index (κ1) is 20.6. The largest absolute Gasteiger partial charge is 0.491 e. The first-order valence-electron chi connectivity index (χ1n) is 8.74. The molecule has 2 aromatic rings. The lowest BCUT2D eigenvalue weighted by atomic mass is 10.0. The third-order valence-corrected chi connectivity index (χ3v) is 6.75. The van der Waals surface area contributed by atoms with Gasteiger partial charge in [0.2, 0.25) is 16.4 Å². The second kappa shape index (κ2) is 8.91. The number of nitrogens with zero attached hydrogens (tertiary/aromatic N) is 2. The number of halogens is 1. The topological polar surface area (TPSA) is 87.1 Å². The number of carbonyl (C=O) groups excluding carboxylic acids is 1. The third-order valence-electron chi connectivity index (χ3n) is 4.61. The van der Waals surface area contributed by atoms with Gasteiger partial charge < -0.3 is 4.74 Å². The fraction of sp³-hybridized carbons (Fsp3) is 0.316. The Morgan fingerprint density at radius 2 is 1.96 bits per heavy atom. The van der Waals surface area contributed by atoms with E-state index < -0.39 is 21.8 Å². The maximum atomic E-state index is 12.9. The van der Waals surface area contributed by atoms with Crippen LogP contribution in [0.15, 0.2) is 48.5 Å². The van der Waals surface area contributed by atoms with E-state index in [4.69, 9.17) is 16.3 Å². The summed E-state index contributed by atoms with van der Waals surface area (Å²) in [7, 11) is -3.75. The summed E-state index contributed by atoms with van der Waals surface area (Å²) >= 11 is 6.02. The third kappa shape index (κ3) is 5.02. The van der Waals surface area contributed by atoms with Gasteiger partial charge in [0.25, 0.3) is 0 Å². The molecule has 0 aromatic heterocycles. The average Bonchev–Trinajstić information content (AvgIpc) is 2.70. The van der Waals surface area contributed by atoms with Crippen LogP contribution in [0.2, 0.25) is 5.02 Å². The molecule has 0 saturated heterocycles. The van der Waals surface area contributed by atoms with Crippen LogP contribution in [0.4, 0.5) is 0 Å². The number of amides is 1. The molecule has 0 saturated carbocycles. The minimum atomic E-state index is -3.75. The Bertz CT molecular complexity index is 923. The number of hydrogen-bond donors (Lipinski definition) is 1. The van der Waals surface area contributed by atoms with Crippen LogP contribution in [-0.4, -0.2) is 54.3 Å². The van der Waals surface area contributed by atoms with E-state index in [1.54, 1.807) is 36.4 Å². The highest BCUT2D eigenvalue weighted by molar-refractivity contribution is 7.89. The zero-order valence-electron chi connectivity index (χ0n) is 15.1. The van der Waals surface area contributed by atoms with Crippen molar-refractivity contribution in [2.24, 2.45) is 0 Å². The van der Waals surface area contributed by atoms with Gasteiger partial charge in [0, 0.05) is 18.1 Å². The molecule has 0 bridgehead atoms. The van der Waals surface area contributed by atoms with E-state index in [1.807, 2.05) is 12.1 Å². The summed E-state index contributed by atoms with van der Waals surface area (Å²) in [5.74, 6) is 0.0658. The monoisotopic (exact) mass is 424 g/mol. The number of benzene rings is 2. The Balaban J connectivity index is 1.71. The van der Waals surface area contributed by atoms with Crippen LogP contribution < -0.4 is 4.74 Å². The lowest BCUT2D eigenvalue weighted by molar-refractivity contribution is -0.160. The molecule has 0 aliphatic carbocycles. The summed E-state index contributed by atoms with van der Waals surface area (Å²) in [5, 5.41) is 10.7. The zero-order valence-corrected chi connectivity index (χ0v) is 16.6. The summed E-state index contributed by atoms with van der Waals surface area (Å²) in [4.78, 5) is 11.0. The van der Waals surface area contributed by atoms with Crippen molar-refractivity contribution in [2.75, 3.05) is 18.9 Å². The lowest BCUT2D eigenvalue weighted by Gasteiger charge is -2.30. The molecule has 1 N–H and O–H groups in total.